The summed E-state index contributed by atoms with van der Waals surface area (Å²) < 4.78 is 0. The van der Waals surface area contributed by atoms with Gasteiger partial charge in [-0.05, 0) is 84.6 Å². The van der Waals surface area contributed by atoms with Gasteiger partial charge in [-0.15, -0.1) is 0 Å². The first-order valence-electron chi connectivity index (χ1n) is 9.53. The molecule has 4 rings (SSSR count). The van der Waals surface area contributed by atoms with Crippen LogP contribution in [0.5, 0.6) is 0 Å². The fraction of sp³-hybridized carbons (Fsp3) is 1.00. The summed E-state index contributed by atoms with van der Waals surface area (Å²) in [7, 11) is 0.0785. The minimum Gasteiger partial charge on any atom is -0.0887 e. The first-order valence-corrected chi connectivity index (χ1v) is 10.9. The Morgan fingerprint density at radius 2 is 1.10 bits per heavy atom. The predicted octanol–water partition coefficient (Wildman–Crippen LogP) is 6.81. The van der Waals surface area contributed by atoms with E-state index in [1.807, 2.05) is 0 Å². The van der Waals surface area contributed by atoms with Crippen molar-refractivity contribution in [3.8, 4) is 0 Å². The Bertz CT molecular complexity index is 341. The molecule has 0 radical (unpaired) electrons. The van der Waals surface area contributed by atoms with E-state index in [1.54, 1.807) is 38.5 Å². The molecule has 0 aromatic carbocycles. The average Bonchev–Trinajstić information content (AvgIpc) is 2.36. The molecule has 4 saturated carbocycles. The van der Waals surface area contributed by atoms with Gasteiger partial charge in [-0.3, -0.25) is 0 Å². The van der Waals surface area contributed by atoms with Gasteiger partial charge in [0.2, 0.25) is 0 Å². The van der Waals surface area contributed by atoms with E-state index in [9.17, 15) is 0 Å². The van der Waals surface area contributed by atoms with E-state index in [2.05, 4.69) is 41.5 Å². The monoisotopic (exact) mass is 308 g/mol. The maximum atomic E-state index is 2.61. The molecule has 4 fully saturated rings. The molecule has 4 bridgehead atoms. The summed E-state index contributed by atoms with van der Waals surface area (Å²) >= 11 is 0. The number of hydrogen-bond donors (Lipinski definition) is 0. The van der Waals surface area contributed by atoms with Crippen LogP contribution in [-0.4, -0.2) is 15.5 Å². The fourth-order valence-corrected chi connectivity index (χ4v) is 12.9. The van der Waals surface area contributed by atoms with Crippen molar-refractivity contribution in [2.24, 2.45) is 17.8 Å². The van der Waals surface area contributed by atoms with E-state index >= 15 is 0 Å². The lowest BCUT2D eigenvalue weighted by Crippen LogP contribution is -2.54. The van der Waals surface area contributed by atoms with Crippen molar-refractivity contribution in [2.75, 3.05) is 0 Å². The molecule has 1 heteroatoms. The summed E-state index contributed by atoms with van der Waals surface area (Å²) in [5, 5.41) is 1.87. The fourth-order valence-electron chi connectivity index (χ4n) is 6.76. The van der Waals surface area contributed by atoms with Crippen LogP contribution in [0.15, 0.2) is 0 Å². The molecule has 0 aliphatic heterocycles. The molecule has 0 heterocycles. The number of rotatable bonds is 5. The first-order chi connectivity index (χ1) is 9.72. The van der Waals surface area contributed by atoms with Crippen LogP contribution < -0.4 is 0 Å². The molecule has 0 aromatic heterocycles. The zero-order valence-corrected chi connectivity index (χ0v) is 16.2. The van der Waals surface area contributed by atoms with Crippen LogP contribution >= 0.6 is 7.92 Å². The van der Waals surface area contributed by atoms with E-state index in [-0.39, 0.29) is 7.92 Å². The van der Waals surface area contributed by atoms with E-state index in [1.165, 1.54) is 12.8 Å². The van der Waals surface area contributed by atoms with Gasteiger partial charge in [0.1, 0.15) is 0 Å². The third-order valence-corrected chi connectivity index (χ3v) is 12.0. The highest BCUT2D eigenvalue weighted by Gasteiger charge is 2.59. The molecule has 21 heavy (non-hydrogen) atoms. The standard InChI is InChI=1S/C20H37P/c1-7-18(3,4)21(19(5,6)8-2)20-12-15-9-16(13-20)11-17(10-15)14-20/h15-17H,7-14H2,1-6H3. The topological polar surface area (TPSA) is 0 Å². The molecule has 0 saturated heterocycles. The Labute approximate surface area is 134 Å². The molecule has 4 aliphatic rings. The molecule has 0 spiro atoms. The normalized spacial score (nSPS) is 39.3. The zero-order chi connectivity index (χ0) is 15.5. The van der Waals surface area contributed by atoms with Crippen molar-refractivity contribution in [3.63, 3.8) is 0 Å². The summed E-state index contributed by atoms with van der Waals surface area (Å²) in [6.07, 6.45) is 12.3. The molecule has 0 amide bonds. The molecule has 0 N–H and O–H groups in total. The molecule has 0 unspecified atom stereocenters. The van der Waals surface area contributed by atoms with Crippen molar-refractivity contribution < 1.29 is 0 Å². The van der Waals surface area contributed by atoms with Gasteiger partial charge in [-0.1, -0.05) is 49.5 Å². The van der Waals surface area contributed by atoms with Crippen LogP contribution in [0.2, 0.25) is 0 Å². The van der Waals surface area contributed by atoms with Crippen LogP contribution in [-0.2, 0) is 0 Å². The third kappa shape index (κ3) is 2.62. The van der Waals surface area contributed by atoms with E-state index in [0.717, 1.165) is 22.9 Å². The van der Waals surface area contributed by atoms with Crippen LogP contribution in [0.1, 0.15) is 92.9 Å². The van der Waals surface area contributed by atoms with E-state index < -0.39 is 0 Å². The summed E-state index contributed by atoms with van der Waals surface area (Å²) in [6.45, 7) is 15.3. The summed E-state index contributed by atoms with van der Waals surface area (Å²) in [4.78, 5) is 0. The lowest BCUT2D eigenvalue weighted by atomic mass is 9.56. The van der Waals surface area contributed by atoms with Gasteiger partial charge in [-0.2, -0.15) is 0 Å². The second kappa shape index (κ2) is 5.22. The van der Waals surface area contributed by atoms with Crippen LogP contribution in [0.25, 0.3) is 0 Å². The van der Waals surface area contributed by atoms with Crippen molar-refractivity contribution >= 4 is 7.92 Å². The second-order valence-corrected chi connectivity index (χ2v) is 13.9. The van der Waals surface area contributed by atoms with Crippen molar-refractivity contribution in [1.29, 1.82) is 0 Å². The summed E-state index contributed by atoms with van der Waals surface area (Å²) in [5.41, 5.74) is 0. The molecular formula is C20H37P. The molecule has 0 atom stereocenters. The molecule has 122 valence electrons. The van der Waals surface area contributed by atoms with Crippen molar-refractivity contribution in [2.45, 2.75) is 108 Å². The average molecular weight is 308 g/mol. The minimum absolute atomic E-state index is 0.0785. The lowest BCUT2D eigenvalue weighted by Gasteiger charge is -2.65. The van der Waals surface area contributed by atoms with E-state index in [0.29, 0.717) is 10.3 Å². The van der Waals surface area contributed by atoms with Gasteiger partial charge in [-0.25, -0.2) is 0 Å². The van der Waals surface area contributed by atoms with Gasteiger partial charge >= 0.3 is 0 Å². The lowest BCUT2D eigenvalue weighted by molar-refractivity contribution is 0.0337. The van der Waals surface area contributed by atoms with Gasteiger partial charge in [0.05, 0.1) is 0 Å². The van der Waals surface area contributed by atoms with Gasteiger partial charge in [0.25, 0.3) is 0 Å². The SMILES string of the molecule is CCC(C)(C)P(C(C)(C)CC)C12CC3CC(CC(C3)C1)C2. The van der Waals surface area contributed by atoms with Gasteiger partial charge in [0, 0.05) is 0 Å². The number of hydrogen-bond acceptors (Lipinski definition) is 0. The molecule has 0 aromatic rings. The Morgan fingerprint density at radius 1 is 0.762 bits per heavy atom. The Kier molecular flexibility index (Phi) is 4.05. The predicted molar refractivity (Wildman–Crippen MR) is 96.6 cm³/mol. The first kappa shape index (κ1) is 16.3. The highest BCUT2D eigenvalue weighted by atomic mass is 31.1. The largest absolute Gasteiger partial charge is 0.0887 e. The van der Waals surface area contributed by atoms with Gasteiger partial charge in [0.15, 0.2) is 0 Å². The van der Waals surface area contributed by atoms with Gasteiger partial charge < -0.3 is 0 Å². The second-order valence-electron chi connectivity index (χ2n) is 9.81. The summed E-state index contributed by atoms with van der Waals surface area (Å²) in [5.74, 6) is 3.30. The molecule has 0 nitrogen and oxygen atoms in total. The van der Waals surface area contributed by atoms with Crippen molar-refractivity contribution in [1.82, 2.24) is 0 Å². The minimum atomic E-state index is 0.0785. The summed E-state index contributed by atoms with van der Waals surface area (Å²) in [6, 6.07) is 0. The molecular weight excluding hydrogens is 271 g/mol. The Hall–Kier alpha value is 0.430. The highest BCUT2D eigenvalue weighted by Crippen LogP contribution is 2.77. The third-order valence-electron chi connectivity index (χ3n) is 7.42. The van der Waals surface area contributed by atoms with E-state index in [4.69, 9.17) is 0 Å². The zero-order valence-electron chi connectivity index (χ0n) is 15.3. The Morgan fingerprint density at radius 3 is 1.38 bits per heavy atom. The van der Waals surface area contributed by atoms with Crippen LogP contribution in [0.4, 0.5) is 0 Å². The maximum absolute atomic E-state index is 2.61. The Balaban J connectivity index is 2.00. The molecule has 4 aliphatic carbocycles. The van der Waals surface area contributed by atoms with Crippen LogP contribution in [0, 0.1) is 17.8 Å². The quantitative estimate of drug-likeness (QED) is 0.489. The van der Waals surface area contributed by atoms with Crippen LogP contribution in [0.3, 0.4) is 0 Å². The highest BCUT2D eigenvalue weighted by molar-refractivity contribution is 7.62. The van der Waals surface area contributed by atoms with Crippen molar-refractivity contribution in [3.05, 3.63) is 0 Å². The smallest absolute Gasteiger partial charge is 0.00769 e. The maximum Gasteiger partial charge on any atom is -0.00769 e.